The lowest BCUT2D eigenvalue weighted by molar-refractivity contribution is -0.0837. The van der Waals surface area contributed by atoms with Gasteiger partial charge in [0.15, 0.2) is 6.29 Å². The van der Waals surface area contributed by atoms with E-state index in [9.17, 15) is 5.11 Å². The third-order valence-electron chi connectivity index (χ3n) is 17.8. The number of hydrogen-bond acceptors (Lipinski definition) is 5. The van der Waals surface area contributed by atoms with Gasteiger partial charge < -0.3 is 24.1 Å². The Balaban J connectivity index is 0.807. The first-order chi connectivity index (χ1) is 28.5. The number of aliphatic hydroxyl groups is 1. The maximum absolute atomic E-state index is 10.9. The summed E-state index contributed by atoms with van der Waals surface area (Å²) in [7, 11) is 4.79. The number of ether oxygens (including phenoxy) is 4. The standard InChI is InChI=1S/C48H85O5P5/c1-3-54-26-40-46(24-39(51-40)36-21-19-31-13-9-11-17-34(31)36)56-28-42-45(22-37(50-42)32-14-6-5-7-15-32)57-29-43-47(25-48(49)53-43)58-27-41-44(55-4-2)23-38(52-41)35-20-18-30-12-8-10-16-33(30)35/h30-49,54-58H,3-29H2,1-2H3. The van der Waals surface area contributed by atoms with Crippen molar-refractivity contribution < 1.29 is 24.1 Å². The van der Waals surface area contributed by atoms with E-state index < -0.39 is 6.29 Å². The summed E-state index contributed by atoms with van der Waals surface area (Å²) in [5.41, 5.74) is 2.67. The summed E-state index contributed by atoms with van der Waals surface area (Å²) in [6.07, 6.45) is 39.3. The Hall–Kier alpha value is 1.95. The van der Waals surface area contributed by atoms with Gasteiger partial charge in [-0.2, -0.15) is 0 Å². The molecule has 1 N–H and O–H groups in total. The highest BCUT2D eigenvalue weighted by atomic mass is 31.1. The molecule has 58 heavy (non-hydrogen) atoms. The first kappa shape index (κ1) is 45.1. The highest BCUT2D eigenvalue weighted by Gasteiger charge is 2.49. The van der Waals surface area contributed by atoms with E-state index in [1.54, 1.807) is 0 Å². The van der Waals surface area contributed by atoms with Crippen LogP contribution >= 0.6 is 42.9 Å². The fourth-order valence-electron chi connectivity index (χ4n) is 14.9. The zero-order valence-corrected chi connectivity index (χ0v) is 41.6. The monoisotopic (exact) mass is 897 g/mol. The van der Waals surface area contributed by atoms with Crippen LogP contribution in [0.15, 0.2) is 0 Å². The molecule has 0 aromatic heterocycles. The highest BCUT2D eigenvalue weighted by molar-refractivity contribution is 7.41. The highest BCUT2D eigenvalue weighted by Crippen LogP contribution is 2.54. The third kappa shape index (κ3) is 10.8. The fourth-order valence-corrected chi connectivity index (χ4v) is 23.4. The normalized spacial score (nSPS) is 48.3. The van der Waals surface area contributed by atoms with Gasteiger partial charge in [0.2, 0.25) is 0 Å². The Kier molecular flexibility index (Phi) is 17.1. The van der Waals surface area contributed by atoms with Crippen LogP contribution in [0.2, 0.25) is 0 Å². The van der Waals surface area contributed by atoms with E-state index in [0.717, 1.165) is 108 Å². The van der Waals surface area contributed by atoms with Crippen LogP contribution in [0.5, 0.6) is 0 Å². The van der Waals surface area contributed by atoms with Crippen LogP contribution < -0.4 is 0 Å². The molecule has 0 amide bonds. The van der Waals surface area contributed by atoms with Gasteiger partial charge in [-0.05, 0) is 149 Å². The van der Waals surface area contributed by atoms with Crippen LogP contribution in [-0.2, 0) is 18.9 Å². The van der Waals surface area contributed by atoms with E-state index in [2.05, 4.69) is 13.8 Å². The van der Waals surface area contributed by atoms with Crippen molar-refractivity contribution >= 4 is 42.9 Å². The summed E-state index contributed by atoms with van der Waals surface area (Å²) in [5.74, 6) is 6.35. The first-order valence-corrected chi connectivity index (χ1v) is 32.0. The number of fused-ring (bicyclic) bond motifs is 2. The molecule has 9 rings (SSSR count). The van der Waals surface area contributed by atoms with E-state index >= 15 is 0 Å². The second-order valence-corrected chi connectivity index (χ2v) is 29.2. The molecule has 332 valence electrons. The smallest absolute Gasteiger partial charge is 0.155 e. The van der Waals surface area contributed by atoms with Gasteiger partial charge >= 0.3 is 0 Å². The van der Waals surface area contributed by atoms with E-state index in [-0.39, 0.29) is 6.10 Å². The molecule has 5 saturated carbocycles. The molecular formula is C48H85O5P5. The Morgan fingerprint density at radius 2 is 0.845 bits per heavy atom. The quantitative estimate of drug-likeness (QED) is 0.147. The summed E-state index contributed by atoms with van der Waals surface area (Å²) in [4.78, 5) is 0. The van der Waals surface area contributed by atoms with Crippen LogP contribution in [0.25, 0.3) is 0 Å². The average Bonchev–Trinajstić information content (AvgIpc) is 4.11. The summed E-state index contributed by atoms with van der Waals surface area (Å²) >= 11 is 0. The second-order valence-electron chi connectivity index (χ2n) is 21.0. The van der Waals surface area contributed by atoms with Crippen molar-refractivity contribution in [2.45, 2.75) is 220 Å². The minimum atomic E-state index is -0.577. The zero-order valence-electron chi connectivity index (χ0n) is 36.6. The number of aliphatic hydroxyl groups excluding tert-OH is 1. The van der Waals surface area contributed by atoms with Crippen molar-refractivity contribution in [1.29, 1.82) is 0 Å². The van der Waals surface area contributed by atoms with Gasteiger partial charge in [0, 0.05) is 29.1 Å². The van der Waals surface area contributed by atoms with Crippen molar-refractivity contribution in [3.63, 3.8) is 0 Å². The SMILES string of the molecule is CCPCC1OC(C2CCC3CCCCC32)CC1PCC1OC(C2CCCCC2)CC1PCC1OC(O)CC1PCC1OC(C2CCC3CCCCC32)CC1PCC. The van der Waals surface area contributed by atoms with Gasteiger partial charge in [0.25, 0.3) is 0 Å². The van der Waals surface area contributed by atoms with Crippen LogP contribution in [0.4, 0.5) is 0 Å². The molecule has 4 saturated heterocycles. The maximum atomic E-state index is 10.9. The van der Waals surface area contributed by atoms with E-state index in [1.165, 1.54) is 159 Å². The molecule has 10 heteroatoms. The Bertz CT molecular complexity index is 1260. The van der Waals surface area contributed by atoms with Crippen molar-refractivity contribution in [2.75, 3.05) is 37.0 Å². The third-order valence-corrected chi connectivity index (χ3v) is 25.8. The molecule has 0 radical (unpaired) electrons. The molecule has 23 unspecified atom stereocenters. The van der Waals surface area contributed by atoms with Gasteiger partial charge in [0.1, 0.15) is 0 Å². The molecule has 0 spiro atoms. The minimum Gasteiger partial charge on any atom is -0.374 e. The van der Waals surface area contributed by atoms with Gasteiger partial charge in [-0.1, -0.05) is 71.6 Å². The average molecular weight is 897 g/mol. The Morgan fingerprint density at radius 3 is 1.41 bits per heavy atom. The molecule has 23 atom stereocenters. The summed E-state index contributed by atoms with van der Waals surface area (Å²) in [5, 5.41) is 10.9. The molecule has 0 bridgehead atoms. The van der Waals surface area contributed by atoms with Crippen LogP contribution in [0.1, 0.15) is 149 Å². The van der Waals surface area contributed by atoms with E-state index in [1.807, 2.05) is 0 Å². The van der Waals surface area contributed by atoms with Crippen LogP contribution in [-0.4, -0.2) is 114 Å². The molecular weight excluding hydrogens is 811 g/mol. The summed E-state index contributed by atoms with van der Waals surface area (Å²) in [6.45, 7) is 4.76. The molecule has 9 fully saturated rings. The summed E-state index contributed by atoms with van der Waals surface area (Å²) in [6, 6.07) is 0. The Labute approximate surface area is 364 Å². The number of hydrogen-bond donors (Lipinski definition) is 1. The molecule has 5 aliphatic carbocycles. The molecule has 4 aliphatic heterocycles. The van der Waals surface area contributed by atoms with Gasteiger partial charge in [-0.3, -0.25) is 0 Å². The molecule has 0 aromatic rings. The first-order valence-electron chi connectivity index (χ1n) is 25.5. The molecule has 0 aromatic carbocycles. The lowest BCUT2D eigenvalue weighted by Gasteiger charge is -2.32. The van der Waals surface area contributed by atoms with Gasteiger partial charge in [-0.25, -0.2) is 0 Å². The van der Waals surface area contributed by atoms with Crippen LogP contribution in [0, 0.1) is 41.4 Å². The predicted octanol–water partition coefficient (Wildman–Crippen LogP) is 11.5. The molecule has 4 heterocycles. The lowest BCUT2D eigenvalue weighted by Crippen LogP contribution is -2.29. The lowest BCUT2D eigenvalue weighted by atomic mass is 9.76. The van der Waals surface area contributed by atoms with Gasteiger partial charge in [0.05, 0.1) is 42.7 Å². The van der Waals surface area contributed by atoms with Crippen LogP contribution in [0.3, 0.4) is 0 Å². The maximum Gasteiger partial charge on any atom is 0.155 e. The van der Waals surface area contributed by atoms with Crippen molar-refractivity contribution in [2.24, 2.45) is 41.4 Å². The zero-order chi connectivity index (χ0) is 39.4. The van der Waals surface area contributed by atoms with Crippen molar-refractivity contribution in [1.82, 2.24) is 0 Å². The largest absolute Gasteiger partial charge is 0.374 e. The Morgan fingerprint density at radius 1 is 0.397 bits per heavy atom. The van der Waals surface area contributed by atoms with E-state index in [4.69, 9.17) is 18.9 Å². The topological polar surface area (TPSA) is 57.2 Å². The second kappa shape index (κ2) is 22.0. The fraction of sp³-hybridized carbons (Fsp3) is 1.00. The minimum absolute atomic E-state index is 0.212. The summed E-state index contributed by atoms with van der Waals surface area (Å²) < 4.78 is 28.0. The molecule has 9 aliphatic rings. The van der Waals surface area contributed by atoms with Crippen molar-refractivity contribution in [3.05, 3.63) is 0 Å². The molecule has 5 nitrogen and oxygen atoms in total. The van der Waals surface area contributed by atoms with Crippen molar-refractivity contribution in [3.8, 4) is 0 Å². The van der Waals surface area contributed by atoms with E-state index in [0.29, 0.717) is 47.9 Å². The predicted molar refractivity (Wildman–Crippen MR) is 256 cm³/mol. The van der Waals surface area contributed by atoms with Gasteiger partial charge in [-0.15, -0.1) is 42.9 Å². The number of rotatable bonds is 17.